The Bertz CT molecular complexity index is 474. The van der Waals surface area contributed by atoms with E-state index in [1.807, 2.05) is 0 Å². The van der Waals surface area contributed by atoms with E-state index in [-0.39, 0.29) is 18.1 Å². The second-order valence-corrected chi connectivity index (χ2v) is 3.85. The monoisotopic (exact) mass is 225 g/mol. The molecule has 2 aliphatic heterocycles. The highest BCUT2D eigenvalue weighted by atomic mass is 16.7. The van der Waals surface area contributed by atoms with Crippen LogP contribution in [0.4, 0.5) is 0 Å². The Labute approximate surface area is 90.4 Å². The van der Waals surface area contributed by atoms with Gasteiger partial charge in [-0.1, -0.05) is 0 Å². The standard InChI is InChI=1S/C9H11N3O4/c10-5-1-2-12-7-6(15-9(12)11-5)4(3-13)8(14)16-7/h1-2,4,6-8,10,13-14H,3H2/t4-,6+,7-,8-/m1/s1. The highest BCUT2D eigenvalue weighted by Gasteiger charge is 2.50. The zero-order valence-corrected chi connectivity index (χ0v) is 8.28. The van der Waals surface area contributed by atoms with Crippen LogP contribution in [0, 0.1) is 11.3 Å². The molecular weight excluding hydrogens is 214 g/mol. The SMILES string of the molecule is N=c1ccn2c(n1)O[C@H]1[C@@H](CO)[C@H](O)O[C@H]12. The molecule has 0 saturated carbocycles. The van der Waals surface area contributed by atoms with Gasteiger partial charge in [0, 0.05) is 6.20 Å². The summed E-state index contributed by atoms with van der Waals surface area (Å²) in [6.45, 7) is -0.218. The molecule has 0 bridgehead atoms. The topological polar surface area (TPSA) is 101 Å². The molecule has 1 aromatic rings. The molecule has 0 spiro atoms. The Morgan fingerprint density at radius 3 is 3.12 bits per heavy atom. The molecule has 0 aromatic carbocycles. The van der Waals surface area contributed by atoms with Crippen LogP contribution in [-0.2, 0) is 4.74 Å². The lowest BCUT2D eigenvalue weighted by Crippen LogP contribution is -2.30. The summed E-state index contributed by atoms with van der Waals surface area (Å²) in [7, 11) is 0. The van der Waals surface area contributed by atoms with Crippen molar-refractivity contribution in [3.63, 3.8) is 0 Å². The van der Waals surface area contributed by atoms with Gasteiger partial charge in [0.05, 0.1) is 12.5 Å². The number of fused-ring (bicyclic) bond motifs is 3. The van der Waals surface area contributed by atoms with E-state index in [4.69, 9.17) is 20.0 Å². The third kappa shape index (κ3) is 1.19. The van der Waals surface area contributed by atoms with Gasteiger partial charge in [-0.15, -0.1) is 0 Å². The summed E-state index contributed by atoms with van der Waals surface area (Å²) in [4.78, 5) is 3.89. The fraction of sp³-hybridized carbons (Fsp3) is 0.556. The predicted molar refractivity (Wildman–Crippen MR) is 49.2 cm³/mol. The largest absolute Gasteiger partial charge is 0.456 e. The zero-order chi connectivity index (χ0) is 11.3. The Hall–Kier alpha value is -1.44. The maximum absolute atomic E-state index is 9.54. The Morgan fingerprint density at radius 1 is 1.56 bits per heavy atom. The molecule has 1 saturated heterocycles. The Kier molecular flexibility index (Phi) is 2.00. The average Bonchev–Trinajstić information content (AvgIpc) is 2.71. The van der Waals surface area contributed by atoms with Crippen molar-refractivity contribution in [3.05, 3.63) is 17.8 Å². The first-order valence-electron chi connectivity index (χ1n) is 4.95. The summed E-state index contributed by atoms with van der Waals surface area (Å²) in [5.41, 5.74) is 0.104. The first-order valence-corrected chi connectivity index (χ1v) is 4.95. The van der Waals surface area contributed by atoms with Gasteiger partial charge in [-0.25, -0.2) is 0 Å². The predicted octanol–water partition coefficient (Wildman–Crippen LogP) is -1.42. The lowest BCUT2D eigenvalue weighted by molar-refractivity contribution is -0.130. The molecule has 4 atom stereocenters. The van der Waals surface area contributed by atoms with E-state index in [0.717, 1.165) is 0 Å². The molecule has 1 fully saturated rings. The molecule has 0 unspecified atom stereocenters. The molecule has 3 N–H and O–H groups in total. The third-order valence-corrected chi connectivity index (χ3v) is 2.90. The minimum atomic E-state index is -1.03. The second-order valence-electron chi connectivity index (χ2n) is 3.85. The van der Waals surface area contributed by atoms with E-state index < -0.39 is 24.5 Å². The number of aromatic nitrogens is 2. The van der Waals surface area contributed by atoms with Crippen LogP contribution < -0.4 is 10.2 Å². The van der Waals surface area contributed by atoms with E-state index in [1.165, 1.54) is 6.07 Å². The van der Waals surface area contributed by atoms with E-state index in [1.54, 1.807) is 10.8 Å². The summed E-state index contributed by atoms with van der Waals surface area (Å²) in [5.74, 6) is -0.485. The van der Waals surface area contributed by atoms with Gasteiger partial charge in [0.15, 0.2) is 24.1 Å². The van der Waals surface area contributed by atoms with Crippen molar-refractivity contribution < 1.29 is 19.7 Å². The average molecular weight is 225 g/mol. The summed E-state index contributed by atoms with van der Waals surface area (Å²) in [6.07, 6.45) is -0.331. The Balaban J connectivity index is 2.01. The van der Waals surface area contributed by atoms with Crippen molar-refractivity contribution in [1.29, 1.82) is 5.41 Å². The normalized spacial score (nSPS) is 35.6. The van der Waals surface area contributed by atoms with Gasteiger partial charge in [-0.2, -0.15) is 4.98 Å². The summed E-state index contributed by atoms with van der Waals surface area (Å²) >= 11 is 0. The van der Waals surface area contributed by atoms with Gasteiger partial charge in [0.2, 0.25) is 0 Å². The maximum Gasteiger partial charge on any atom is 0.300 e. The number of rotatable bonds is 1. The molecule has 3 heterocycles. The van der Waals surface area contributed by atoms with Crippen LogP contribution in [0.5, 0.6) is 6.01 Å². The van der Waals surface area contributed by atoms with E-state index in [0.29, 0.717) is 0 Å². The van der Waals surface area contributed by atoms with Crippen LogP contribution in [0.15, 0.2) is 12.3 Å². The van der Waals surface area contributed by atoms with E-state index in [2.05, 4.69) is 4.98 Å². The van der Waals surface area contributed by atoms with Gasteiger partial charge in [-0.05, 0) is 6.07 Å². The second kappa shape index (κ2) is 3.27. The van der Waals surface area contributed by atoms with E-state index in [9.17, 15) is 5.11 Å². The van der Waals surface area contributed by atoms with Crippen molar-refractivity contribution >= 4 is 0 Å². The fourth-order valence-electron chi connectivity index (χ4n) is 2.07. The van der Waals surface area contributed by atoms with Crippen molar-refractivity contribution in [3.8, 4) is 6.01 Å². The summed E-state index contributed by atoms with van der Waals surface area (Å²) in [6, 6.07) is 1.80. The third-order valence-electron chi connectivity index (χ3n) is 2.90. The number of nitrogens with zero attached hydrogens (tertiary/aromatic N) is 2. The fourth-order valence-corrected chi connectivity index (χ4v) is 2.07. The number of aliphatic hydroxyl groups is 2. The van der Waals surface area contributed by atoms with Crippen LogP contribution in [0.1, 0.15) is 6.23 Å². The molecule has 2 aliphatic rings. The van der Waals surface area contributed by atoms with Crippen molar-refractivity contribution in [2.24, 2.45) is 5.92 Å². The minimum absolute atomic E-state index is 0.104. The molecule has 0 aliphatic carbocycles. The lowest BCUT2D eigenvalue weighted by Gasteiger charge is -2.14. The number of nitrogens with one attached hydrogen (secondary N) is 1. The van der Waals surface area contributed by atoms with Crippen molar-refractivity contribution in [1.82, 2.24) is 9.55 Å². The number of aliphatic hydroxyl groups excluding tert-OH is 2. The molecule has 7 nitrogen and oxygen atoms in total. The van der Waals surface area contributed by atoms with Crippen LogP contribution in [0.2, 0.25) is 0 Å². The van der Waals surface area contributed by atoms with Crippen LogP contribution in [0.3, 0.4) is 0 Å². The zero-order valence-electron chi connectivity index (χ0n) is 8.28. The lowest BCUT2D eigenvalue weighted by atomic mass is 10.1. The van der Waals surface area contributed by atoms with Crippen molar-refractivity contribution in [2.45, 2.75) is 18.6 Å². The molecular formula is C9H11N3O4. The molecule has 3 rings (SSSR count). The van der Waals surface area contributed by atoms with Gasteiger partial charge in [0.25, 0.3) is 0 Å². The molecule has 86 valence electrons. The van der Waals surface area contributed by atoms with Gasteiger partial charge >= 0.3 is 6.01 Å². The molecule has 7 heteroatoms. The number of hydrogen-bond donors (Lipinski definition) is 3. The van der Waals surface area contributed by atoms with Gasteiger partial charge in [0.1, 0.15) is 0 Å². The smallest absolute Gasteiger partial charge is 0.300 e. The number of hydrogen-bond acceptors (Lipinski definition) is 6. The first kappa shape index (κ1) is 9.76. The first-order chi connectivity index (χ1) is 7.70. The van der Waals surface area contributed by atoms with Gasteiger partial charge in [-0.3, -0.25) is 9.98 Å². The number of ether oxygens (including phenoxy) is 2. The molecule has 0 radical (unpaired) electrons. The summed E-state index contributed by atoms with van der Waals surface area (Å²) < 4.78 is 12.4. The van der Waals surface area contributed by atoms with Crippen molar-refractivity contribution in [2.75, 3.05) is 6.61 Å². The van der Waals surface area contributed by atoms with Crippen LogP contribution in [-0.4, -0.2) is 38.8 Å². The maximum atomic E-state index is 9.54. The minimum Gasteiger partial charge on any atom is -0.456 e. The molecule has 0 amide bonds. The van der Waals surface area contributed by atoms with Crippen LogP contribution >= 0.6 is 0 Å². The summed E-state index contributed by atoms with van der Waals surface area (Å²) in [5, 5.41) is 26.0. The van der Waals surface area contributed by atoms with E-state index >= 15 is 0 Å². The van der Waals surface area contributed by atoms with Crippen LogP contribution in [0.25, 0.3) is 0 Å². The van der Waals surface area contributed by atoms with Gasteiger partial charge < -0.3 is 19.7 Å². The molecule has 16 heavy (non-hydrogen) atoms. The quantitative estimate of drug-likeness (QED) is 0.544. The highest BCUT2D eigenvalue weighted by molar-refractivity contribution is 5.09. The highest BCUT2D eigenvalue weighted by Crippen LogP contribution is 2.40. The Morgan fingerprint density at radius 2 is 2.38 bits per heavy atom. The molecule has 1 aromatic heterocycles.